The van der Waals surface area contributed by atoms with Crippen molar-refractivity contribution < 1.29 is 14.3 Å². The van der Waals surface area contributed by atoms with Crippen LogP contribution in [-0.4, -0.2) is 32.3 Å². The molecule has 2 atom stereocenters. The number of carbonyl (C=O) groups excluding carboxylic acids is 1. The largest absolute Gasteiger partial charge is 0.465 e. The zero-order valence-electron chi connectivity index (χ0n) is 11.3. The van der Waals surface area contributed by atoms with Gasteiger partial charge >= 0.3 is 5.97 Å². The van der Waals surface area contributed by atoms with Crippen molar-refractivity contribution in [1.29, 1.82) is 0 Å². The Kier molecular flexibility index (Phi) is 4.27. The van der Waals surface area contributed by atoms with Gasteiger partial charge in [-0.2, -0.15) is 0 Å². The second-order valence-corrected chi connectivity index (χ2v) is 4.81. The maximum atomic E-state index is 11.4. The molecule has 5 nitrogen and oxygen atoms in total. The van der Waals surface area contributed by atoms with Gasteiger partial charge < -0.3 is 20.5 Å². The van der Waals surface area contributed by atoms with Crippen LogP contribution in [-0.2, 0) is 9.47 Å². The van der Waals surface area contributed by atoms with Crippen molar-refractivity contribution in [3.8, 4) is 0 Å². The number of nitrogen functional groups attached to an aromatic ring is 1. The predicted octanol–water partition coefficient (Wildman–Crippen LogP) is 2.03. The molecular formula is C14H20N2O3. The van der Waals surface area contributed by atoms with Crippen LogP contribution in [0.2, 0.25) is 0 Å². The number of carbonyl (C=O) groups is 1. The number of hydrogen-bond donors (Lipinski definition) is 2. The van der Waals surface area contributed by atoms with Crippen LogP contribution in [0.5, 0.6) is 0 Å². The van der Waals surface area contributed by atoms with E-state index in [1.54, 1.807) is 19.2 Å². The minimum absolute atomic E-state index is 0.327. The van der Waals surface area contributed by atoms with Crippen molar-refractivity contribution in [3.05, 3.63) is 23.8 Å². The number of hydrogen-bond acceptors (Lipinski definition) is 5. The van der Waals surface area contributed by atoms with Crippen molar-refractivity contribution in [1.82, 2.24) is 0 Å². The Labute approximate surface area is 113 Å². The molecule has 2 unspecified atom stereocenters. The molecule has 0 spiro atoms. The molecule has 0 amide bonds. The number of ether oxygens (including phenoxy) is 2. The van der Waals surface area contributed by atoms with Gasteiger partial charge in [0.15, 0.2) is 0 Å². The normalized spacial score (nSPS) is 22.2. The second kappa shape index (κ2) is 5.93. The molecule has 1 aromatic rings. The summed E-state index contributed by atoms with van der Waals surface area (Å²) < 4.78 is 10.0. The van der Waals surface area contributed by atoms with Gasteiger partial charge in [-0.05, 0) is 37.5 Å². The number of nitrogens with one attached hydrogen (secondary N) is 1. The Morgan fingerprint density at radius 2 is 2.16 bits per heavy atom. The maximum absolute atomic E-state index is 11.4. The molecule has 3 N–H and O–H groups in total. The summed E-state index contributed by atoms with van der Waals surface area (Å²) in [5, 5.41) is 3.40. The number of esters is 1. The van der Waals surface area contributed by atoms with E-state index in [0.717, 1.165) is 24.9 Å². The summed E-state index contributed by atoms with van der Waals surface area (Å²) in [4.78, 5) is 11.4. The van der Waals surface area contributed by atoms with Crippen LogP contribution in [0.15, 0.2) is 18.2 Å². The van der Waals surface area contributed by atoms with Gasteiger partial charge in [0.05, 0.1) is 30.2 Å². The van der Waals surface area contributed by atoms with Gasteiger partial charge in [0.25, 0.3) is 0 Å². The average molecular weight is 264 g/mol. The number of benzene rings is 1. The van der Waals surface area contributed by atoms with Gasteiger partial charge in [-0.25, -0.2) is 4.79 Å². The molecule has 1 fully saturated rings. The van der Waals surface area contributed by atoms with Crippen molar-refractivity contribution in [2.45, 2.75) is 31.4 Å². The van der Waals surface area contributed by atoms with Crippen LogP contribution in [0, 0.1) is 0 Å². The molecule has 1 aromatic carbocycles. The van der Waals surface area contributed by atoms with E-state index in [0.29, 0.717) is 23.4 Å². The van der Waals surface area contributed by atoms with E-state index in [-0.39, 0.29) is 5.97 Å². The van der Waals surface area contributed by atoms with Crippen LogP contribution in [0.4, 0.5) is 11.4 Å². The van der Waals surface area contributed by atoms with Crippen molar-refractivity contribution >= 4 is 17.3 Å². The van der Waals surface area contributed by atoms with E-state index >= 15 is 0 Å². The highest BCUT2D eigenvalue weighted by atomic mass is 16.5. The molecule has 0 heterocycles. The summed E-state index contributed by atoms with van der Waals surface area (Å²) in [6.07, 6.45) is 3.44. The molecule has 5 heteroatoms. The molecule has 104 valence electrons. The standard InChI is InChI=1S/C14H20N2O3/c1-18-11-5-4-10(8-11)16-13-6-3-9(7-12(13)15)14(17)19-2/h3,6-7,10-11,16H,4-5,8,15H2,1-2H3. The lowest BCUT2D eigenvalue weighted by Crippen LogP contribution is -2.18. The molecule has 2 rings (SSSR count). The summed E-state index contributed by atoms with van der Waals surface area (Å²) in [6.45, 7) is 0. The van der Waals surface area contributed by atoms with Gasteiger partial charge in [-0.3, -0.25) is 0 Å². The van der Waals surface area contributed by atoms with E-state index in [1.165, 1.54) is 7.11 Å². The number of nitrogens with two attached hydrogens (primary N) is 1. The van der Waals surface area contributed by atoms with Gasteiger partial charge in [-0.1, -0.05) is 0 Å². The molecule has 0 saturated heterocycles. The molecule has 1 aliphatic carbocycles. The summed E-state index contributed by atoms with van der Waals surface area (Å²) in [6, 6.07) is 5.54. The highest BCUT2D eigenvalue weighted by Gasteiger charge is 2.24. The lowest BCUT2D eigenvalue weighted by molar-refractivity contribution is 0.0601. The monoisotopic (exact) mass is 264 g/mol. The van der Waals surface area contributed by atoms with Crippen molar-refractivity contribution in [3.63, 3.8) is 0 Å². The lowest BCUT2D eigenvalue weighted by atomic mass is 10.1. The first-order valence-electron chi connectivity index (χ1n) is 6.41. The average Bonchev–Trinajstić information content (AvgIpc) is 2.88. The van der Waals surface area contributed by atoms with Crippen molar-refractivity contribution in [2.24, 2.45) is 0 Å². The van der Waals surface area contributed by atoms with E-state index in [9.17, 15) is 4.79 Å². The Balaban J connectivity index is 2.03. The van der Waals surface area contributed by atoms with Crippen LogP contribution < -0.4 is 11.1 Å². The molecule has 0 radical (unpaired) electrons. The van der Waals surface area contributed by atoms with E-state index in [4.69, 9.17) is 10.5 Å². The molecule has 1 saturated carbocycles. The minimum atomic E-state index is -0.376. The molecule has 0 aromatic heterocycles. The van der Waals surface area contributed by atoms with Gasteiger partial charge in [0.2, 0.25) is 0 Å². The third-order valence-electron chi connectivity index (χ3n) is 3.55. The molecular weight excluding hydrogens is 244 g/mol. The predicted molar refractivity (Wildman–Crippen MR) is 74.3 cm³/mol. The van der Waals surface area contributed by atoms with Crippen LogP contribution in [0.1, 0.15) is 29.6 Å². The fraction of sp³-hybridized carbons (Fsp3) is 0.500. The third kappa shape index (κ3) is 3.17. The van der Waals surface area contributed by atoms with Gasteiger partial charge in [0.1, 0.15) is 0 Å². The highest BCUT2D eigenvalue weighted by Crippen LogP contribution is 2.28. The quantitative estimate of drug-likeness (QED) is 0.643. The molecule has 1 aliphatic rings. The summed E-state index contributed by atoms with van der Waals surface area (Å²) in [5.74, 6) is -0.376. The number of rotatable bonds is 4. The summed E-state index contributed by atoms with van der Waals surface area (Å²) >= 11 is 0. The summed E-state index contributed by atoms with van der Waals surface area (Å²) in [7, 11) is 3.10. The molecule has 19 heavy (non-hydrogen) atoms. The molecule has 0 bridgehead atoms. The maximum Gasteiger partial charge on any atom is 0.337 e. The zero-order valence-corrected chi connectivity index (χ0v) is 11.3. The fourth-order valence-electron chi connectivity index (χ4n) is 2.44. The topological polar surface area (TPSA) is 73.6 Å². The number of methoxy groups -OCH3 is 2. The summed E-state index contributed by atoms with van der Waals surface area (Å²) in [5.41, 5.74) is 7.84. The Hall–Kier alpha value is -1.75. The zero-order chi connectivity index (χ0) is 13.8. The Morgan fingerprint density at radius 1 is 1.37 bits per heavy atom. The van der Waals surface area contributed by atoms with E-state index < -0.39 is 0 Å². The first kappa shape index (κ1) is 13.7. The first-order chi connectivity index (χ1) is 9.13. The first-order valence-corrected chi connectivity index (χ1v) is 6.41. The van der Waals surface area contributed by atoms with Gasteiger partial charge in [0, 0.05) is 13.2 Å². The minimum Gasteiger partial charge on any atom is -0.465 e. The lowest BCUT2D eigenvalue weighted by Gasteiger charge is -2.16. The number of anilines is 2. The van der Waals surface area contributed by atoms with Crippen LogP contribution in [0.25, 0.3) is 0 Å². The second-order valence-electron chi connectivity index (χ2n) is 4.81. The van der Waals surface area contributed by atoms with Gasteiger partial charge in [-0.15, -0.1) is 0 Å². The van der Waals surface area contributed by atoms with Crippen LogP contribution >= 0.6 is 0 Å². The fourth-order valence-corrected chi connectivity index (χ4v) is 2.44. The van der Waals surface area contributed by atoms with Crippen LogP contribution in [0.3, 0.4) is 0 Å². The molecule has 0 aliphatic heterocycles. The van der Waals surface area contributed by atoms with E-state index in [1.807, 2.05) is 6.07 Å². The van der Waals surface area contributed by atoms with Crippen molar-refractivity contribution in [2.75, 3.05) is 25.3 Å². The third-order valence-corrected chi connectivity index (χ3v) is 3.55. The smallest absolute Gasteiger partial charge is 0.337 e. The Bertz CT molecular complexity index is 462. The Morgan fingerprint density at radius 3 is 2.74 bits per heavy atom. The highest BCUT2D eigenvalue weighted by molar-refractivity contribution is 5.91. The van der Waals surface area contributed by atoms with E-state index in [2.05, 4.69) is 10.1 Å². The SMILES string of the molecule is COC(=O)c1ccc(NC2CCC(OC)C2)c(N)c1.